The van der Waals surface area contributed by atoms with E-state index in [-0.39, 0.29) is 17.7 Å². The summed E-state index contributed by atoms with van der Waals surface area (Å²) in [7, 11) is 2.09. The largest absolute Gasteiger partial charge is 0.507 e. The van der Waals surface area contributed by atoms with Gasteiger partial charge in [-0.25, -0.2) is 4.79 Å². The van der Waals surface area contributed by atoms with Crippen LogP contribution in [0.4, 0.5) is 0 Å². The molecule has 1 aromatic carbocycles. The van der Waals surface area contributed by atoms with Gasteiger partial charge in [-0.3, -0.25) is 0 Å². The Bertz CT molecular complexity index is 945. The molecule has 34 heavy (non-hydrogen) atoms. The lowest BCUT2D eigenvalue weighted by molar-refractivity contribution is 0.0332. The number of benzene rings is 1. The molecule has 4 rings (SSSR count). The number of nitrogens with zero attached hydrogens (tertiary/aromatic N) is 1. The maximum Gasteiger partial charge on any atom is 0.342 e. The zero-order valence-corrected chi connectivity index (χ0v) is 19.9. The molecule has 0 amide bonds. The van der Waals surface area contributed by atoms with Crippen LogP contribution in [0.5, 0.6) is 11.5 Å². The molecular weight excluding hydrogens is 438 g/mol. The fourth-order valence-electron chi connectivity index (χ4n) is 4.78. The first kappa shape index (κ1) is 24.7. The summed E-state index contributed by atoms with van der Waals surface area (Å²) in [5.74, 6) is -0.0171. The van der Waals surface area contributed by atoms with Crippen LogP contribution in [0.1, 0.15) is 54.6 Å². The van der Waals surface area contributed by atoms with E-state index in [0.29, 0.717) is 35.8 Å². The van der Waals surface area contributed by atoms with Crippen molar-refractivity contribution in [3.8, 4) is 11.5 Å². The van der Waals surface area contributed by atoms with Crippen molar-refractivity contribution in [2.75, 3.05) is 26.7 Å². The van der Waals surface area contributed by atoms with Crippen molar-refractivity contribution in [1.29, 1.82) is 0 Å². The Morgan fingerprint density at radius 1 is 1.29 bits per heavy atom. The molecule has 0 bridgehead atoms. The number of phenols is 1. The number of likely N-dealkylation sites (tertiary alicyclic amines) is 1. The number of esters is 1. The zero-order valence-electron chi connectivity index (χ0n) is 19.9. The van der Waals surface area contributed by atoms with E-state index in [1.807, 2.05) is 0 Å². The third-order valence-electron chi connectivity index (χ3n) is 6.75. The number of aromatic hydroxyl groups is 1. The fraction of sp³-hybridized carbons (Fsp3) is 0.577. The van der Waals surface area contributed by atoms with Crippen molar-refractivity contribution in [3.63, 3.8) is 0 Å². The number of aliphatic hydroxyl groups excluding tert-OH is 2. The van der Waals surface area contributed by atoms with Crippen LogP contribution in [-0.2, 0) is 9.47 Å². The average molecular weight is 474 g/mol. The van der Waals surface area contributed by atoms with Gasteiger partial charge in [-0.05, 0) is 45.0 Å². The van der Waals surface area contributed by atoms with Gasteiger partial charge in [0.2, 0.25) is 0 Å². The smallest absolute Gasteiger partial charge is 0.342 e. The van der Waals surface area contributed by atoms with Gasteiger partial charge in [-0.1, -0.05) is 18.7 Å². The van der Waals surface area contributed by atoms with Crippen LogP contribution in [0.25, 0.3) is 0 Å². The first-order chi connectivity index (χ1) is 16.2. The van der Waals surface area contributed by atoms with E-state index < -0.39 is 36.5 Å². The van der Waals surface area contributed by atoms with Crippen molar-refractivity contribution in [3.05, 3.63) is 47.6 Å². The second-order valence-electron chi connectivity index (χ2n) is 9.76. The lowest BCUT2D eigenvalue weighted by atomic mass is 9.96. The van der Waals surface area contributed by atoms with E-state index in [1.54, 1.807) is 25.1 Å². The molecule has 3 heterocycles. The number of phenolic OH excluding ortho intramolecular Hbond substituents is 1. The molecule has 2 fully saturated rings. The molecule has 2 saturated heterocycles. The van der Waals surface area contributed by atoms with Gasteiger partial charge in [0, 0.05) is 36.9 Å². The van der Waals surface area contributed by atoms with Crippen molar-refractivity contribution < 1.29 is 34.3 Å². The molecule has 1 unspecified atom stereocenters. The number of rotatable bonds is 3. The van der Waals surface area contributed by atoms with Crippen LogP contribution in [-0.4, -0.2) is 77.3 Å². The highest BCUT2D eigenvalue weighted by atomic mass is 16.6. The number of carbonyl (C=O) groups excluding carboxylic acids is 1. The second kappa shape index (κ2) is 10.5. The van der Waals surface area contributed by atoms with Gasteiger partial charge in [0.05, 0.1) is 18.8 Å². The Balaban J connectivity index is 1.58. The second-order valence-corrected chi connectivity index (χ2v) is 9.76. The summed E-state index contributed by atoms with van der Waals surface area (Å²) in [5.41, 5.74) is 0.887. The van der Waals surface area contributed by atoms with E-state index in [9.17, 15) is 20.1 Å². The van der Waals surface area contributed by atoms with E-state index >= 15 is 0 Å². The van der Waals surface area contributed by atoms with Gasteiger partial charge < -0.3 is 34.4 Å². The van der Waals surface area contributed by atoms with Crippen LogP contribution in [0, 0.1) is 5.92 Å². The maximum atomic E-state index is 13.0. The van der Waals surface area contributed by atoms with Gasteiger partial charge in [0.15, 0.2) is 0 Å². The number of fused-ring (bicyclic) bond motifs is 3. The number of hydrogen-bond acceptors (Lipinski definition) is 8. The van der Waals surface area contributed by atoms with Gasteiger partial charge >= 0.3 is 5.97 Å². The van der Waals surface area contributed by atoms with Crippen LogP contribution in [0.3, 0.4) is 0 Å². The number of piperidine rings is 1. The minimum atomic E-state index is -1.13. The van der Waals surface area contributed by atoms with Crippen molar-refractivity contribution in [2.24, 2.45) is 5.92 Å². The summed E-state index contributed by atoms with van der Waals surface area (Å²) in [6, 6.07) is 3.16. The highest BCUT2D eigenvalue weighted by Gasteiger charge is 2.45. The standard InChI is InChI=1S/C26H35NO7/c1-15-6-4-7-16(2)33-26(31)23-19(25-22(34-25)12-21(29)24(15)30)10-18(11-20(23)28)32-14-17-8-5-9-27(3)13-17/h4,6,10-11,16-17,21-22,24-25,28-30H,1,5,7-9,12-14H2,2-3H3/b6-4-/t16-,17?,21-,22-,24+,25+/m0/s1. The molecule has 6 atom stereocenters. The summed E-state index contributed by atoms with van der Waals surface area (Å²) in [5, 5.41) is 31.6. The highest BCUT2D eigenvalue weighted by molar-refractivity contribution is 5.95. The molecule has 186 valence electrons. The molecule has 0 saturated carbocycles. The van der Waals surface area contributed by atoms with Crippen LogP contribution >= 0.6 is 0 Å². The molecule has 0 spiro atoms. The highest BCUT2D eigenvalue weighted by Crippen LogP contribution is 2.46. The molecule has 8 nitrogen and oxygen atoms in total. The number of cyclic esters (lactones) is 1. The molecule has 0 aromatic heterocycles. The lowest BCUT2D eigenvalue weighted by Crippen LogP contribution is -2.34. The Kier molecular flexibility index (Phi) is 7.62. The molecule has 3 aliphatic rings. The Hall–Kier alpha value is -2.39. The summed E-state index contributed by atoms with van der Waals surface area (Å²) in [4.78, 5) is 15.3. The summed E-state index contributed by atoms with van der Waals surface area (Å²) in [6.45, 7) is 8.11. The Morgan fingerprint density at radius 3 is 2.85 bits per heavy atom. The van der Waals surface area contributed by atoms with Crippen molar-refractivity contribution in [1.82, 2.24) is 4.90 Å². The fourth-order valence-corrected chi connectivity index (χ4v) is 4.78. The van der Waals surface area contributed by atoms with Gasteiger partial charge in [0.1, 0.15) is 35.4 Å². The van der Waals surface area contributed by atoms with Gasteiger partial charge in [-0.15, -0.1) is 0 Å². The predicted molar refractivity (Wildman–Crippen MR) is 126 cm³/mol. The molecule has 1 aromatic rings. The maximum absolute atomic E-state index is 13.0. The molecule has 0 radical (unpaired) electrons. The summed E-state index contributed by atoms with van der Waals surface area (Å²) >= 11 is 0. The predicted octanol–water partition coefficient (Wildman–Crippen LogP) is 2.73. The lowest BCUT2D eigenvalue weighted by Gasteiger charge is -2.29. The van der Waals surface area contributed by atoms with Crippen LogP contribution in [0.2, 0.25) is 0 Å². The molecular formula is C26H35NO7. The molecule has 8 heteroatoms. The SMILES string of the molecule is C=C1/C=C\C[C@H](C)OC(=O)c2c(O)cc(OCC3CCCN(C)C3)cc2[C@H]2O[C@H]2C[C@H](O)[C@@H]1O. The third-order valence-corrected chi connectivity index (χ3v) is 6.75. The third kappa shape index (κ3) is 5.81. The Labute approximate surface area is 200 Å². The first-order valence-electron chi connectivity index (χ1n) is 12.0. The summed E-state index contributed by atoms with van der Waals surface area (Å²) < 4.78 is 17.4. The molecule has 3 N–H and O–H groups in total. The minimum Gasteiger partial charge on any atom is -0.507 e. The number of epoxide rings is 1. The molecule has 0 aliphatic carbocycles. The van der Waals surface area contributed by atoms with Gasteiger partial charge in [-0.2, -0.15) is 0 Å². The number of carbonyl (C=O) groups is 1. The van der Waals surface area contributed by atoms with Gasteiger partial charge in [0.25, 0.3) is 0 Å². The van der Waals surface area contributed by atoms with E-state index in [1.165, 1.54) is 6.07 Å². The van der Waals surface area contributed by atoms with E-state index in [0.717, 1.165) is 25.9 Å². The monoisotopic (exact) mass is 473 g/mol. The number of ether oxygens (including phenoxy) is 3. The average Bonchev–Trinajstić information content (AvgIpc) is 3.54. The summed E-state index contributed by atoms with van der Waals surface area (Å²) in [6.07, 6.45) is 2.49. The van der Waals surface area contributed by atoms with Crippen LogP contribution < -0.4 is 4.74 Å². The normalized spacial score (nSPS) is 33.8. The van der Waals surface area contributed by atoms with Crippen LogP contribution in [0.15, 0.2) is 36.4 Å². The number of aliphatic hydroxyl groups is 2. The van der Waals surface area contributed by atoms with E-state index in [4.69, 9.17) is 14.2 Å². The quantitative estimate of drug-likeness (QED) is 0.454. The van der Waals surface area contributed by atoms with E-state index in [2.05, 4.69) is 18.5 Å². The van der Waals surface area contributed by atoms with Crippen molar-refractivity contribution in [2.45, 2.75) is 63.1 Å². The Morgan fingerprint density at radius 2 is 2.09 bits per heavy atom. The first-order valence-corrected chi connectivity index (χ1v) is 12.0. The minimum absolute atomic E-state index is 0.0459. The zero-order chi connectivity index (χ0) is 24.4. The number of hydrogen-bond donors (Lipinski definition) is 3. The topological polar surface area (TPSA) is 112 Å². The van der Waals surface area contributed by atoms with Crippen molar-refractivity contribution >= 4 is 5.97 Å². The molecule has 3 aliphatic heterocycles.